The van der Waals surface area contributed by atoms with Crippen molar-refractivity contribution in [1.29, 1.82) is 0 Å². The van der Waals surface area contributed by atoms with Crippen LogP contribution in [0.25, 0.3) is 0 Å². The second kappa shape index (κ2) is 4.34. The van der Waals surface area contributed by atoms with Crippen LogP contribution in [0.2, 0.25) is 0 Å². The summed E-state index contributed by atoms with van der Waals surface area (Å²) in [5, 5.41) is 3.39. The molecule has 3 heteroatoms. The lowest BCUT2D eigenvalue weighted by molar-refractivity contribution is 0.0315. The molecule has 1 aromatic carbocycles. The van der Waals surface area contributed by atoms with Crippen LogP contribution in [0.4, 0.5) is 11.4 Å². The number of benzene rings is 1. The maximum Gasteiger partial charge on any atom is 0.0826 e. The third-order valence-electron chi connectivity index (χ3n) is 3.16. The van der Waals surface area contributed by atoms with Gasteiger partial charge in [0.05, 0.1) is 17.0 Å². The number of anilines is 2. The minimum Gasteiger partial charge on any atom is -0.397 e. The molecule has 1 saturated heterocycles. The number of nitrogen functional groups attached to an aromatic ring is 1. The fourth-order valence-corrected chi connectivity index (χ4v) is 2.08. The van der Waals surface area contributed by atoms with E-state index in [1.165, 1.54) is 5.56 Å². The van der Waals surface area contributed by atoms with Gasteiger partial charge in [-0.1, -0.05) is 6.07 Å². The molecule has 1 heterocycles. The zero-order chi connectivity index (χ0) is 11.6. The zero-order valence-corrected chi connectivity index (χ0v) is 10.0. The summed E-state index contributed by atoms with van der Waals surface area (Å²) in [5.74, 6) is 0. The van der Waals surface area contributed by atoms with Crippen LogP contribution >= 0.6 is 0 Å². The molecule has 0 saturated carbocycles. The minimum absolute atomic E-state index is 0.0316. The second-order valence-corrected chi connectivity index (χ2v) is 4.85. The highest BCUT2D eigenvalue weighted by atomic mass is 16.5. The van der Waals surface area contributed by atoms with Gasteiger partial charge in [-0.15, -0.1) is 0 Å². The molecular formula is C13H20N2O. The summed E-state index contributed by atoms with van der Waals surface area (Å²) >= 11 is 0. The molecule has 0 bridgehead atoms. The van der Waals surface area contributed by atoms with Crippen LogP contribution in [0.15, 0.2) is 18.2 Å². The van der Waals surface area contributed by atoms with Crippen LogP contribution in [0.5, 0.6) is 0 Å². The molecule has 1 unspecified atom stereocenters. The number of aryl methyl sites for hydroxylation is 1. The molecule has 1 aromatic rings. The first-order valence-corrected chi connectivity index (χ1v) is 5.83. The highest BCUT2D eigenvalue weighted by molar-refractivity contribution is 5.67. The Kier molecular flexibility index (Phi) is 3.06. The minimum atomic E-state index is -0.0316. The lowest BCUT2D eigenvalue weighted by Crippen LogP contribution is -2.32. The van der Waals surface area contributed by atoms with Gasteiger partial charge in [-0.3, -0.25) is 0 Å². The molecule has 0 aromatic heterocycles. The summed E-state index contributed by atoms with van der Waals surface area (Å²) < 4.78 is 5.73. The van der Waals surface area contributed by atoms with Crippen LogP contribution in [-0.4, -0.2) is 18.8 Å². The first-order chi connectivity index (χ1) is 7.59. The third kappa shape index (κ3) is 2.47. The van der Waals surface area contributed by atoms with Crippen LogP contribution in [0, 0.1) is 6.92 Å². The summed E-state index contributed by atoms with van der Waals surface area (Å²) in [6.07, 6.45) is 2.27. The van der Waals surface area contributed by atoms with E-state index in [-0.39, 0.29) is 5.60 Å². The molecule has 0 aliphatic carbocycles. The summed E-state index contributed by atoms with van der Waals surface area (Å²) in [6, 6.07) is 6.04. The number of hydrogen-bond donors (Lipinski definition) is 2. The van der Waals surface area contributed by atoms with Crippen molar-refractivity contribution in [3.63, 3.8) is 0 Å². The van der Waals surface area contributed by atoms with E-state index in [9.17, 15) is 0 Å². The molecule has 1 atom stereocenters. The molecule has 0 radical (unpaired) electrons. The quantitative estimate of drug-likeness (QED) is 0.770. The average Bonchev–Trinajstić information content (AvgIpc) is 2.67. The van der Waals surface area contributed by atoms with Crippen molar-refractivity contribution in [2.45, 2.75) is 32.3 Å². The van der Waals surface area contributed by atoms with E-state index in [4.69, 9.17) is 10.5 Å². The van der Waals surface area contributed by atoms with Gasteiger partial charge in [0.2, 0.25) is 0 Å². The van der Waals surface area contributed by atoms with Gasteiger partial charge in [0.1, 0.15) is 0 Å². The summed E-state index contributed by atoms with van der Waals surface area (Å²) in [5.41, 5.74) is 8.91. The fourth-order valence-electron chi connectivity index (χ4n) is 2.08. The first kappa shape index (κ1) is 11.3. The van der Waals surface area contributed by atoms with Crippen molar-refractivity contribution in [3.05, 3.63) is 23.8 Å². The van der Waals surface area contributed by atoms with Gasteiger partial charge in [-0.2, -0.15) is 0 Å². The fraction of sp³-hybridized carbons (Fsp3) is 0.538. The Balaban J connectivity index is 2.01. The average molecular weight is 220 g/mol. The maximum atomic E-state index is 5.91. The van der Waals surface area contributed by atoms with Crippen molar-refractivity contribution in [2.24, 2.45) is 0 Å². The van der Waals surface area contributed by atoms with Crippen molar-refractivity contribution < 1.29 is 4.74 Å². The molecule has 3 nitrogen and oxygen atoms in total. The molecule has 1 aliphatic rings. The van der Waals surface area contributed by atoms with E-state index < -0.39 is 0 Å². The Morgan fingerprint density at radius 1 is 1.50 bits per heavy atom. The lowest BCUT2D eigenvalue weighted by atomic mass is 10.0. The molecule has 16 heavy (non-hydrogen) atoms. The van der Waals surface area contributed by atoms with Crippen LogP contribution in [-0.2, 0) is 4.74 Å². The van der Waals surface area contributed by atoms with E-state index in [0.717, 1.165) is 37.4 Å². The van der Waals surface area contributed by atoms with Gasteiger partial charge in [0.15, 0.2) is 0 Å². The summed E-state index contributed by atoms with van der Waals surface area (Å²) in [4.78, 5) is 0. The Labute approximate surface area is 97.0 Å². The third-order valence-corrected chi connectivity index (χ3v) is 3.16. The van der Waals surface area contributed by atoms with Gasteiger partial charge < -0.3 is 15.8 Å². The van der Waals surface area contributed by atoms with E-state index in [0.29, 0.717) is 0 Å². The van der Waals surface area contributed by atoms with Crippen LogP contribution in [0.3, 0.4) is 0 Å². The topological polar surface area (TPSA) is 47.3 Å². The summed E-state index contributed by atoms with van der Waals surface area (Å²) in [6.45, 7) is 5.92. The van der Waals surface area contributed by atoms with Crippen molar-refractivity contribution in [1.82, 2.24) is 0 Å². The number of nitrogens with two attached hydrogens (primary N) is 1. The number of hydrogen-bond acceptors (Lipinski definition) is 3. The second-order valence-electron chi connectivity index (χ2n) is 4.85. The molecule has 88 valence electrons. The molecule has 1 aliphatic heterocycles. The maximum absolute atomic E-state index is 5.91. The monoisotopic (exact) mass is 220 g/mol. The normalized spacial score (nSPS) is 24.6. The number of nitrogens with one attached hydrogen (secondary N) is 1. The zero-order valence-electron chi connectivity index (χ0n) is 10.0. The van der Waals surface area contributed by atoms with Crippen molar-refractivity contribution >= 4 is 11.4 Å². The summed E-state index contributed by atoms with van der Waals surface area (Å²) in [7, 11) is 0. The Morgan fingerprint density at radius 2 is 2.31 bits per heavy atom. The highest BCUT2D eigenvalue weighted by Gasteiger charge is 2.29. The van der Waals surface area contributed by atoms with Crippen LogP contribution in [0.1, 0.15) is 25.3 Å². The van der Waals surface area contributed by atoms with E-state index in [1.54, 1.807) is 0 Å². The molecule has 0 spiro atoms. The molecule has 2 rings (SSSR count). The SMILES string of the molecule is Cc1ccc(N)c(NCC2(C)CCCO2)c1. The molecule has 1 fully saturated rings. The van der Waals surface area contributed by atoms with Gasteiger partial charge in [-0.05, 0) is 44.4 Å². The predicted molar refractivity (Wildman–Crippen MR) is 67.7 cm³/mol. The van der Waals surface area contributed by atoms with Gasteiger partial charge >= 0.3 is 0 Å². The van der Waals surface area contributed by atoms with Gasteiger partial charge in [-0.25, -0.2) is 0 Å². The van der Waals surface area contributed by atoms with E-state index in [1.807, 2.05) is 12.1 Å². The number of ether oxygens (including phenoxy) is 1. The van der Waals surface area contributed by atoms with Gasteiger partial charge in [0.25, 0.3) is 0 Å². The Hall–Kier alpha value is -1.22. The number of rotatable bonds is 3. The molecular weight excluding hydrogens is 200 g/mol. The smallest absolute Gasteiger partial charge is 0.0826 e. The molecule has 0 amide bonds. The lowest BCUT2D eigenvalue weighted by Gasteiger charge is -2.24. The predicted octanol–water partition coefficient (Wildman–Crippen LogP) is 2.56. The Morgan fingerprint density at radius 3 is 3.00 bits per heavy atom. The standard InChI is InChI=1S/C13H20N2O/c1-10-4-5-11(14)12(8-10)15-9-13(2)6-3-7-16-13/h4-5,8,15H,3,6-7,9,14H2,1-2H3. The van der Waals surface area contributed by atoms with Crippen LogP contribution < -0.4 is 11.1 Å². The van der Waals surface area contributed by atoms with Crippen molar-refractivity contribution in [2.75, 3.05) is 24.2 Å². The van der Waals surface area contributed by atoms with E-state index >= 15 is 0 Å². The highest BCUT2D eigenvalue weighted by Crippen LogP contribution is 2.27. The first-order valence-electron chi connectivity index (χ1n) is 5.83. The largest absolute Gasteiger partial charge is 0.397 e. The van der Waals surface area contributed by atoms with E-state index in [2.05, 4.69) is 25.2 Å². The van der Waals surface area contributed by atoms with Gasteiger partial charge in [0, 0.05) is 13.2 Å². The Bertz CT molecular complexity index is 370. The van der Waals surface area contributed by atoms with Crippen molar-refractivity contribution in [3.8, 4) is 0 Å². The molecule has 3 N–H and O–H groups in total.